The van der Waals surface area contributed by atoms with Gasteiger partial charge in [-0.2, -0.15) is 5.26 Å². The summed E-state index contributed by atoms with van der Waals surface area (Å²) in [6.45, 7) is 9.02. The molecule has 4 fully saturated rings. The van der Waals surface area contributed by atoms with Crippen molar-refractivity contribution in [3.8, 4) is 6.07 Å². The van der Waals surface area contributed by atoms with E-state index in [1.54, 1.807) is 17.9 Å². The van der Waals surface area contributed by atoms with Gasteiger partial charge in [-0.3, -0.25) is 9.59 Å². The van der Waals surface area contributed by atoms with E-state index in [1.807, 2.05) is 30.0 Å². The summed E-state index contributed by atoms with van der Waals surface area (Å²) in [4.78, 5) is 36.7. The smallest absolute Gasteiger partial charge is 0.255 e. The van der Waals surface area contributed by atoms with E-state index in [0.29, 0.717) is 41.9 Å². The number of aryl methyl sites for hydroxylation is 2. The molecule has 7 nitrogen and oxygen atoms in total. The van der Waals surface area contributed by atoms with Gasteiger partial charge in [-0.25, -0.2) is 13.8 Å². The van der Waals surface area contributed by atoms with E-state index >= 15 is 0 Å². The normalized spacial score (nSPS) is 25.2. The lowest BCUT2D eigenvalue weighted by atomic mass is 9.69. The summed E-state index contributed by atoms with van der Waals surface area (Å²) in [7, 11) is 0. The number of carbonyl (C=O) groups is 2. The fraction of sp³-hybridized carbons (Fsp3) is 0.548. The van der Waals surface area contributed by atoms with E-state index in [0.717, 1.165) is 44.7 Å². The highest BCUT2D eigenvalue weighted by Gasteiger charge is 2.54. The first-order valence-electron chi connectivity index (χ1n) is 14.2. The summed E-state index contributed by atoms with van der Waals surface area (Å²) < 4.78 is 26.7. The lowest BCUT2D eigenvalue weighted by Crippen LogP contribution is -2.64. The van der Waals surface area contributed by atoms with Crippen molar-refractivity contribution in [2.24, 2.45) is 17.8 Å². The standard InChI is InChI=1S/C31H35F2N5O2/c1-20-10-26(13-34)35-21(2)27(20)29(40)37-16-23-14-36(15-24(23)17-37)9-8-30(25-6-4-3-5-7-25)18-38(19-30)28(39)22-11-31(32,33)12-22/h3-7,10,22-24H,8-9,11-12,14-19H2,1-2H3. The highest BCUT2D eigenvalue weighted by molar-refractivity contribution is 5.97. The van der Waals surface area contributed by atoms with Crippen molar-refractivity contribution in [3.05, 3.63) is 64.5 Å². The summed E-state index contributed by atoms with van der Waals surface area (Å²) in [5.41, 5.74) is 3.38. The number of amides is 2. The maximum Gasteiger partial charge on any atom is 0.255 e. The first kappa shape index (κ1) is 26.8. The maximum absolute atomic E-state index is 13.4. The molecule has 1 aromatic carbocycles. The number of hydrogen-bond donors (Lipinski definition) is 0. The minimum atomic E-state index is -2.69. The lowest BCUT2D eigenvalue weighted by Gasteiger charge is -2.53. The molecular weight excluding hydrogens is 512 g/mol. The van der Waals surface area contributed by atoms with E-state index in [9.17, 15) is 23.6 Å². The van der Waals surface area contributed by atoms with Gasteiger partial charge in [0.2, 0.25) is 11.8 Å². The van der Waals surface area contributed by atoms with Crippen LogP contribution in [0.25, 0.3) is 0 Å². The molecule has 2 aromatic rings. The van der Waals surface area contributed by atoms with E-state index < -0.39 is 11.8 Å². The Balaban J connectivity index is 1.06. The lowest BCUT2D eigenvalue weighted by molar-refractivity contribution is -0.167. The van der Waals surface area contributed by atoms with Gasteiger partial charge >= 0.3 is 0 Å². The quantitative estimate of drug-likeness (QED) is 0.550. The second-order valence-corrected chi connectivity index (χ2v) is 12.4. The molecule has 0 radical (unpaired) electrons. The molecule has 3 saturated heterocycles. The van der Waals surface area contributed by atoms with Crippen molar-refractivity contribution in [1.82, 2.24) is 19.7 Å². The Labute approximate surface area is 233 Å². The van der Waals surface area contributed by atoms with Gasteiger partial charge in [-0.05, 0) is 55.8 Å². The van der Waals surface area contributed by atoms with E-state index in [4.69, 9.17) is 0 Å². The second kappa shape index (κ2) is 9.91. The molecule has 1 aromatic heterocycles. The highest BCUT2D eigenvalue weighted by Crippen LogP contribution is 2.46. The van der Waals surface area contributed by atoms with Crippen LogP contribution in [0.15, 0.2) is 36.4 Å². The third-order valence-electron chi connectivity index (χ3n) is 9.61. The number of alkyl halides is 2. The Hall–Kier alpha value is -3.38. The Morgan fingerprint density at radius 2 is 1.68 bits per heavy atom. The van der Waals surface area contributed by atoms with Crippen LogP contribution in [0.3, 0.4) is 0 Å². The van der Waals surface area contributed by atoms with Crippen LogP contribution in [0.4, 0.5) is 8.78 Å². The third kappa shape index (κ3) is 4.77. The molecule has 2 amide bonds. The Morgan fingerprint density at radius 3 is 2.25 bits per heavy atom. The minimum Gasteiger partial charge on any atom is -0.341 e. The molecule has 4 aliphatic rings. The summed E-state index contributed by atoms with van der Waals surface area (Å²) in [6, 6.07) is 14.0. The highest BCUT2D eigenvalue weighted by atomic mass is 19.3. The molecule has 0 spiro atoms. The van der Waals surface area contributed by atoms with Gasteiger partial charge in [0.1, 0.15) is 11.8 Å². The Kier molecular flexibility index (Phi) is 6.65. The topological polar surface area (TPSA) is 80.5 Å². The number of carbonyl (C=O) groups excluding carboxylic acids is 2. The van der Waals surface area contributed by atoms with E-state index in [1.165, 1.54) is 5.56 Å². The first-order valence-corrected chi connectivity index (χ1v) is 14.2. The number of nitriles is 1. The molecule has 2 unspecified atom stereocenters. The number of rotatable bonds is 6. The summed E-state index contributed by atoms with van der Waals surface area (Å²) in [5, 5.41) is 9.17. The second-order valence-electron chi connectivity index (χ2n) is 12.4. The molecule has 40 heavy (non-hydrogen) atoms. The first-order chi connectivity index (χ1) is 19.1. The molecule has 6 rings (SSSR count). The minimum absolute atomic E-state index is 0.000535. The molecular formula is C31H35F2N5O2. The third-order valence-corrected chi connectivity index (χ3v) is 9.61. The van der Waals surface area contributed by atoms with Gasteiger partial charge in [-0.1, -0.05) is 30.3 Å². The fourth-order valence-electron chi connectivity index (χ4n) is 7.39. The zero-order chi connectivity index (χ0) is 28.2. The van der Waals surface area contributed by atoms with Crippen molar-refractivity contribution in [3.63, 3.8) is 0 Å². The summed E-state index contributed by atoms with van der Waals surface area (Å²) in [5.74, 6) is -2.52. The van der Waals surface area contributed by atoms with Crippen molar-refractivity contribution in [1.29, 1.82) is 5.26 Å². The molecule has 0 bridgehead atoms. The Morgan fingerprint density at radius 1 is 1.02 bits per heavy atom. The van der Waals surface area contributed by atoms with Gasteiger partial charge in [0.15, 0.2) is 0 Å². The molecule has 210 valence electrons. The molecule has 9 heteroatoms. The summed E-state index contributed by atoms with van der Waals surface area (Å²) in [6.07, 6.45) is 0.258. The molecule has 0 N–H and O–H groups in total. The average molecular weight is 548 g/mol. The largest absolute Gasteiger partial charge is 0.341 e. The van der Waals surface area contributed by atoms with E-state index in [-0.39, 0.29) is 30.1 Å². The van der Waals surface area contributed by atoms with Crippen molar-refractivity contribution >= 4 is 11.8 Å². The van der Waals surface area contributed by atoms with E-state index in [2.05, 4.69) is 28.1 Å². The van der Waals surface area contributed by atoms with Crippen molar-refractivity contribution in [2.45, 2.75) is 44.4 Å². The fourth-order valence-corrected chi connectivity index (χ4v) is 7.39. The van der Waals surface area contributed by atoms with Crippen LogP contribution in [-0.2, 0) is 10.2 Å². The van der Waals surface area contributed by atoms with Crippen LogP contribution in [0.1, 0.15) is 52.1 Å². The molecule has 2 atom stereocenters. The predicted octanol–water partition coefficient (Wildman–Crippen LogP) is 3.79. The van der Waals surface area contributed by atoms with Gasteiger partial charge in [0.25, 0.3) is 5.91 Å². The molecule has 1 aliphatic carbocycles. The van der Waals surface area contributed by atoms with Gasteiger partial charge in [0, 0.05) is 63.4 Å². The predicted molar refractivity (Wildman–Crippen MR) is 145 cm³/mol. The van der Waals surface area contributed by atoms with Crippen LogP contribution < -0.4 is 0 Å². The summed E-state index contributed by atoms with van der Waals surface area (Å²) >= 11 is 0. The van der Waals surface area contributed by atoms with Crippen molar-refractivity contribution < 1.29 is 18.4 Å². The van der Waals surface area contributed by atoms with Crippen LogP contribution in [0.2, 0.25) is 0 Å². The van der Waals surface area contributed by atoms with Crippen LogP contribution in [0.5, 0.6) is 0 Å². The van der Waals surface area contributed by atoms with Crippen LogP contribution in [-0.4, -0.2) is 83.2 Å². The van der Waals surface area contributed by atoms with Gasteiger partial charge in [0.05, 0.1) is 11.3 Å². The molecule has 4 heterocycles. The number of fused-ring (bicyclic) bond motifs is 1. The number of pyridine rings is 1. The number of halogens is 2. The van der Waals surface area contributed by atoms with Crippen LogP contribution in [0, 0.1) is 42.9 Å². The SMILES string of the molecule is Cc1cc(C#N)nc(C)c1C(=O)N1CC2CN(CCC3(c4ccccc4)CN(C(=O)C4CC(F)(F)C4)C3)CC2C1. The number of likely N-dealkylation sites (tertiary alicyclic amines) is 3. The molecule has 3 aliphatic heterocycles. The maximum atomic E-state index is 13.4. The monoisotopic (exact) mass is 547 g/mol. The average Bonchev–Trinajstić information content (AvgIpc) is 3.45. The Bertz CT molecular complexity index is 1320. The van der Waals surface area contributed by atoms with Gasteiger partial charge < -0.3 is 14.7 Å². The van der Waals surface area contributed by atoms with Crippen molar-refractivity contribution in [2.75, 3.05) is 45.8 Å². The van der Waals surface area contributed by atoms with Crippen LogP contribution >= 0.6 is 0 Å². The van der Waals surface area contributed by atoms with Gasteiger partial charge in [-0.15, -0.1) is 0 Å². The molecule has 1 saturated carbocycles. The number of aromatic nitrogens is 1. The number of nitrogens with zero attached hydrogens (tertiary/aromatic N) is 5. The number of hydrogen-bond acceptors (Lipinski definition) is 5. The zero-order valence-electron chi connectivity index (χ0n) is 23.1. The zero-order valence-corrected chi connectivity index (χ0v) is 23.1. The number of benzene rings is 1.